The lowest BCUT2D eigenvalue weighted by molar-refractivity contribution is -0.0298. The smallest absolute Gasteiger partial charge is 0.162 e. The van der Waals surface area contributed by atoms with Crippen LogP contribution in [0, 0.1) is 5.92 Å². The Morgan fingerprint density at radius 3 is 3.06 bits per heavy atom. The van der Waals surface area contributed by atoms with Crippen molar-refractivity contribution in [3.8, 4) is 0 Å². The molecule has 1 fully saturated rings. The summed E-state index contributed by atoms with van der Waals surface area (Å²) < 4.78 is 11.3. The molecule has 0 aliphatic heterocycles. The van der Waals surface area contributed by atoms with Crippen LogP contribution in [0.1, 0.15) is 50.5 Å². The van der Waals surface area contributed by atoms with Gasteiger partial charge in [-0.05, 0) is 25.8 Å². The largest absolute Gasteiger partial charge is 0.370 e. The third-order valence-corrected chi connectivity index (χ3v) is 3.77. The van der Waals surface area contributed by atoms with Gasteiger partial charge in [0, 0.05) is 12.6 Å². The Balaban J connectivity index is 1.81. The molecular formula is C14H24N2O2. The number of rotatable bonds is 6. The second kappa shape index (κ2) is 6.90. The van der Waals surface area contributed by atoms with E-state index in [4.69, 9.17) is 9.26 Å². The molecule has 4 heteroatoms. The van der Waals surface area contributed by atoms with Gasteiger partial charge in [0.15, 0.2) is 5.76 Å². The predicted octanol–water partition coefficient (Wildman–Crippen LogP) is 2.88. The van der Waals surface area contributed by atoms with Gasteiger partial charge in [-0.1, -0.05) is 31.3 Å². The third kappa shape index (κ3) is 3.56. The Kier molecular flexibility index (Phi) is 5.20. The van der Waals surface area contributed by atoms with Gasteiger partial charge in [-0.2, -0.15) is 0 Å². The Bertz CT molecular complexity index is 351. The van der Waals surface area contributed by atoms with Crippen molar-refractivity contribution >= 4 is 0 Å². The van der Waals surface area contributed by atoms with Crippen LogP contribution in [0.5, 0.6) is 0 Å². The molecule has 1 aromatic heterocycles. The van der Waals surface area contributed by atoms with Crippen LogP contribution in [0.4, 0.5) is 0 Å². The maximum absolute atomic E-state index is 6.01. The zero-order valence-corrected chi connectivity index (χ0v) is 11.4. The first kappa shape index (κ1) is 13.6. The molecule has 102 valence electrons. The third-order valence-electron chi connectivity index (χ3n) is 3.77. The van der Waals surface area contributed by atoms with Gasteiger partial charge in [0.25, 0.3) is 0 Å². The molecule has 18 heavy (non-hydrogen) atoms. The topological polar surface area (TPSA) is 47.3 Å². The number of nitrogens with one attached hydrogen (secondary N) is 1. The average molecular weight is 252 g/mol. The first-order valence-corrected chi connectivity index (χ1v) is 7.04. The molecule has 1 aliphatic rings. The summed E-state index contributed by atoms with van der Waals surface area (Å²) in [6.45, 7) is 3.55. The summed E-state index contributed by atoms with van der Waals surface area (Å²) in [5.41, 5.74) is 0.937. The second-order valence-electron chi connectivity index (χ2n) is 5.12. The van der Waals surface area contributed by atoms with Crippen molar-refractivity contribution in [2.24, 2.45) is 5.92 Å². The molecule has 2 atom stereocenters. The van der Waals surface area contributed by atoms with Crippen molar-refractivity contribution < 1.29 is 9.26 Å². The predicted molar refractivity (Wildman–Crippen MR) is 70.1 cm³/mol. The quantitative estimate of drug-likeness (QED) is 0.845. The van der Waals surface area contributed by atoms with Crippen LogP contribution in [0.25, 0.3) is 0 Å². The van der Waals surface area contributed by atoms with Crippen LogP contribution in [0.2, 0.25) is 0 Å². The molecule has 1 aliphatic carbocycles. The van der Waals surface area contributed by atoms with E-state index in [0.717, 1.165) is 23.9 Å². The van der Waals surface area contributed by atoms with E-state index in [1.165, 1.54) is 32.1 Å². The van der Waals surface area contributed by atoms with Crippen LogP contribution in [0.15, 0.2) is 10.6 Å². The lowest BCUT2D eigenvalue weighted by atomic mass is 9.85. The van der Waals surface area contributed by atoms with Crippen LogP contribution in [-0.4, -0.2) is 18.3 Å². The maximum Gasteiger partial charge on any atom is 0.162 e. The molecule has 1 N–H and O–H groups in total. The number of nitrogens with zero attached hydrogens (tertiary/aromatic N) is 1. The van der Waals surface area contributed by atoms with Crippen molar-refractivity contribution in [1.82, 2.24) is 10.5 Å². The second-order valence-corrected chi connectivity index (χ2v) is 5.12. The fourth-order valence-corrected chi connectivity index (χ4v) is 2.74. The highest BCUT2D eigenvalue weighted by molar-refractivity contribution is 5.04. The Hall–Kier alpha value is -0.870. The zero-order chi connectivity index (χ0) is 12.8. The number of aromatic nitrogens is 1. The monoisotopic (exact) mass is 252 g/mol. The molecule has 0 radical (unpaired) electrons. The molecule has 0 amide bonds. The summed E-state index contributed by atoms with van der Waals surface area (Å²) in [5.74, 6) is 1.55. The molecule has 2 rings (SSSR count). The minimum absolute atomic E-state index is 0.404. The normalized spacial score (nSPS) is 24.3. The molecule has 1 heterocycles. The summed E-state index contributed by atoms with van der Waals surface area (Å²) in [6, 6.07) is 1.97. The van der Waals surface area contributed by atoms with Gasteiger partial charge in [0.05, 0.1) is 11.8 Å². The van der Waals surface area contributed by atoms with Crippen LogP contribution in [-0.2, 0) is 17.9 Å². The molecule has 0 bridgehead atoms. The van der Waals surface area contributed by atoms with E-state index >= 15 is 0 Å². The SMILES string of the molecule is CCC1CCCCC1OCc1cc(CNC)no1. The Morgan fingerprint density at radius 1 is 1.44 bits per heavy atom. The van der Waals surface area contributed by atoms with E-state index in [2.05, 4.69) is 17.4 Å². The van der Waals surface area contributed by atoms with Crippen molar-refractivity contribution in [2.75, 3.05) is 7.05 Å². The summed E-state index contributed by atoms with van der Waals surface area (Å²) in [7, 11) is 1.90. The zero-order valence-electron chi connectivity index (χ0n) is 11.4. The highest BCUT2D eigenvalue weighted by Crippen LogP contribution is 2.29. The molecule has 0 spiro atoms. The molecule has 0 aromatic carbocycles. The first-order chi connectivity index (χ1) is 8.83. The van der Waals surface area contributed by atoms with Crippen LogP contribution < -0.4 is 5.32 Å². The molecule has 1 saturated carbocycles. The highest BCUT2D eigenvalue weighted by Gasteiger charge is 2.24. The van der Waals surface area contributed by atoms with Crippen LogP contribution >= 0.6 is 0 Å². The lowest BCUT2D eigenvalue weighted by Crippen LogP contribution is -2.27. The molecular weight excluding hydrogens is 228 g/mol. The summed E-state index contributed by atoms with van der Waals surface area (Å²) in [4.78, 5) is 0. The molecule has 0 saturated heterocycles. The van der Waals surface area contributed by atoms with E-state index in [0.29, 0.717) is 12.7 Å². The average Bonchev–Trinajstić information content (AvgIpc) is 2.85. The van der Waals surface area contributed by atoms with Crippen molar-refractivity contribution in [1.29, 1.82) is 0 Å². The van der Waals surface area contributed by atoms with Gasteiger partial charge < -0.3 is 14.6 Å². The highest BCUT2D eigenvalue weighted by atomic mass is 16.5. The van der Waals surface area contributed by atoms with Crippen molar-refractivity contribution in [2.45, 2.75) is 58.3 Å². The fraction of sp³-hybridized carbons (Fsp3) is 0.786. The van der Waals surface area contributed by atoms with E-state index in [9.17, 15) is 0 Å². The molecule has 2 unspecified atom stereocenters. The van der Waals surface area contributed by atoms with E-state index in [1.807, 2.05) is 13.1 Å². The first-order valence-electron chi connectivity index (χ1n) is 7.04. The summed E-state index contributed by atoms with van der Waals surface area (Å²) in [6.07, 6.45) is 6.77. The minimum atomic E-state index is 0.404. The molecule has 1 aromatic rings. The van der Waals surface area contributed by atoms with Gasteiger partial charge in [-0.25, -0.2) is 0 Å². The van der Waals surface area contributed by atoms with Gasteiger partial charge in [-0.3, -0.25) is 0 Å². The number of hydrogen-bond donors (Lipinski definition) is 1. The summed E-state index contributed by atoms with van der Waals surface area (Å²) >= 11 is 0. The standard InChI is InChI=1S/C14H24N2O2/c1-3-11-6-4-5-7-14(11)17-10-13-8-12(9-15-2)16-18-13/h8,11,14-15H,3-7,9-10H2,1-2H3. The van der Waals surface area contributed by atoms with E-state index in [-0.39, 0.29) is 0 Å². The Labute approximate surface area is 109 Å². The Morgan fingerprint density at radius 2 is 2.28 bits per heavy atom. The number of hydrogen-bond acceptors (Lipinski definition) is 4. The fourth-order valence-electron chi connectivity index (χ4n) is 2.74. The van der Waals surface area contributed by atoms with Gasteiger partial charge >= 0.3 is 0 Å². The minimum Gasteiger partial charge on any atom is -0.370 e. The van der Waals surface area contributed by atoms with Gasteiger partial charge in [-0.15, -0.1) is 0 Å². The number of ether oxygens (including phenoxy) is 1. The van der Waals surface area contributed by atoms with Crippen LogP contribution in [0.3, 0.4) is 0 Å². The van der Waals surface area contributed by atoms with E-state index in [1.54, 1.807) is 0 Å². The summed E-state index contributed by atoms with van der Waals surface area (Å²) in [5, 5.41) is 7.05. The van der Waals surface area contributed by atoms with Crippen molar-refractivity contribution in [3.63, 3.8) is 0 Å². The maximum atomic E-state index is 6.01. The van der Waals surface area contributed by atoms with Gasteiger partial charge in [0.1, 0.15) is 6.61 Å². The van der Waals surface area contributed by atoms with Gasteiger partial charge in [0.2, 0.25) is 0 Å². The van der Waals surface area contributed by atoms with Crippen molar-refractivity contribution in [3.05, 3.63) is 17.5 Å². The lowest BCUT2D eigenvalue weighted by Gasteiger charge is -2.30. The van der Waals surface area contributed by atoms with E-state index < -0.39 is 0 Å². The molecule has 4 nitrogen and oxygen atoms in total.